The number of nitrogens with one attached hydrogen (secondary N) is 1. The molecule has 1 amide bonds. The lowest BCUT2D eigenvalue weighted by Gasteiger charge is -2.28. The Hall–Kier alpha value is -1.55. The Bertz CT molecular complexity index is 466. The molecule has 1 aliphatic carbocycles. The molecule has 3 N–H and O–H groups in total. The van der Waals surface area contributed by atoms with Crippen LogP contribution in [-0.2, 0) is 4.79 Å². The maximum Gasteiger partial charge on any atom is 0.231 e. The van der Waals surface area contributed by atoms with Gasteiger partial charge in [-0.15, -0.1) is 0 Å². The smallest absolute Gasteiger partial charge is 0.231 e. The van der Waals surface area contributed by atoms with Crippen molar-refractivity contribution in [3.05, 3.63) is 24.3 Å². The number of hydrogen-bond acceptors (Lipinski definition) is 3. The summed E-state index contributed by atoms with van der Waals surface area (Å²) in [6.07, 6.45) is 6.64. The average molecular weight is 304 g/mol. The zero-order chi connectivity index (χ0) is 16.0. The van der Waals surface area contributed by atoms with E-state index in [4.69, 9.17) is 10.5 Å². The van der Waals surface area contributed by atoms with E-state index in [1.165, 1.54) is 12.8 Å². The van der Waals surface area contributed by atoms with E-state index in [0.29, 0.717) is 12.6 Å². The molecule has 1 aliphatic rings. The summed E-state index contributed by atoms with van der Waals surface area (Å²) in [6, 6.07) is 7.65. The van der Waals surface area contributed by atoms with Gasteiger partial charge >= 0.3 is 0 Å². The van der Waals surface area contributed by atoms with Gasteiger partial charge in [-0.1, -0.05) is 13.8 Å². The molecule has 2 rings (SSSR count). The number of ether oxygens (including phenoxy) is 1. The third-order valence-electron chi connectivity index (χ3n) is 4.94. The lowest BCUT2D eigenvalue weighted by atomic mass is 9.81. The van der Waals surface area contributed by atoms with E-state index in [1.807, 2.05) is 38.1 Å². The Balaban J connectivity index is 1.96. The summed E-state index contributed by atoms with van der Waals surface area (Å²) in [7, 11) is 0. The Morgan fingerprint density at radius 2 is 1.82 bits per heavy atom. The highest BCUT2D eigenvalue weighted by molar-refractivity contribution is 5.95. The highest BCUT2D eigenvalue weighted by Gasteiger charge is 2.33. The summed E-state index contributed by atoms with van der Waals surface area (Å²) in [5.74, 6) is 0.880. The molecule has 122 valence electrons. The van der Waals surface area contributed by atoms with Gasteiger partial charge in [0, 0.05) is 12.2 Å². The van der Waals surface area contributed by atoms with Crippen molar-refractivity contribution >= 4 is 11.6 Å². The lowest BCUT2D eigenvalue weighted by molar-refractivity contribution is -0.125. The highest BCUT2D eigenvalue weighted by Crippen LogP contribution is 2.28. The van der Waals surface area contributed by atoms with E-state index in [2.05, 4.69) is 5.32 Å². The summed E-state index contributed by atoms with van der Waals surface area (Å²) in [5.41, 5.74) is 6.14. The van der Waals surface area contributed by atoms with Crippen molar-refractivity contribution in [1.82, 2.24) is 0 Å². The minimum Gasteiger partial charge on any atom is -0.490 e. The third-order valence-corrected chi connectivity index (χ3v) is 4.94. The predicted octanol–water partition coefficient (Wildman–Crippen LogP) is 3.71. The first-order chi connectivity index (χ1) is 10.6. The monoisotopic (exact) mass is 304 g/mol. The number of hydrogen-bond donors (Lipinski definition) is 2. The van der Waals surface area contributed by atoms with Crippen molar-refractivity contribution in [2.24, 2.45) is 11.1 Å². The molecule has 4 nitrogen and oxygen atoms in total. The standard InChI is InChI=1S/C18H28N2O2/c1-3-18(4-2,13-19)17(21)20-14-9-11-16(12-10-14)22-15-7-5-6-8-15/h9-12,15H,3-8,13,19H2,1-2H3,(H,20,21). The lowest BCUT2D eigenvalue weighted by Crippen LogP contribution is -2.41. The summed E-state index contributed by atoms with van der Waals surface area (Å²) < 4.78 is 5.93. The first kappa shape index (κ1) is 16.8. The van der Waals surface area contributed by atoms with Gasteiger partial charge in [-0.3, -0.25) is 4.79 Å². The second-order valence-corrected chi connectivity index (χ2v) is 6.19. The first-order valence-electron chi connectivity index (χ1n) is 8.41. The quantitative estimate of drug-likeness (QED) is 0.807. The van der Waals surface area contributed by atoms with Crippen molar-refractivity contribution in [2.75, 3.05) is 11.9 Å². The minimum atomic E-state index is -0.473. The SMILES string of the molecule is CCC(CC)(CN)C(=O)Nc1ccc(OC2CCCC2)cc1. The number of carbonyl (C=O) groups excluding carboxylic acids is 1. The van der Waals surface area contributed by atoms with E-state index in [-0.39, 0.29) is 5.91 Å². The van der Waals surface area contributed by atoms with Gasteiger partial charge < -0.3 is 15.8 Å². The van der Waals surface area contributed by atoms with Crippen LogP contribution in [0.2, 0.25) is 0 Å². The maximum atomic E-state index is 12.5. The summed E-state index contributed by atoms with van der Waals surface area (Å²) >= 11 is 0. The Morgan fingerprint density at radius 3 is 2.32 bits per heavy atom. The molecule has 0 unspecified atom stereocenters. The van der Waals surface area contributed by atoms with Gasteiger partial charge in [0.1, 0.15) is 5.75 Å². The minimum absolute atomic E-state index is 0.00413. The van der Waals surface area contributed by atoms with Crippen molar-refractivity contribution in [3.8, 4) is 5.75 Å². The number of nitrogens with two attached hydrogens (primary N) is 1. The van der Waals surface area contributed by atoms with Gasteiger partial charge in [0.05, 0.1) is 11.5 Å². The van der Waals surface area contributed by atoms with Crippen LogP contribution in [0.1, 0.15) is 52.4 Å². The van der Waals surface area contributed by atoms with Crippen LogP contribution in [0.4, 0.5) is 5.69 Å². The molecule has 4 heteroatoms. The average Bonchev–Trinajstić information content (AvgIpc) is 3.04. The molecule has 1 aromatic rings. The topological polar surface area (TPSA) is 64.4 Å². The molecule has 1 fully saturated rings. The fraction of sp³-hybridized carbons (Fsp3) is 0.611. The molecule has 0 radical (unpaired) electrons. The van der Waals surface area contributed by atoms with Crippen molar-refractivity contribution in [3.63, 3.8) is 0 Å². The van der Waals surface area contributed by atoms with Gasteiger partial charge in [0.15, 0.2) is 0 Å². The van der Waals surface area contributed by atoms with E-state index in [1.54, 1.807) is 0 Å². The molecule has 0 heterocycles. The predicted molar refractivity (Wildman–Crippen MR) is 90.0 cm³/mol. The summed E-state index contributed by atoms with van der Waals surface area (Å²) in [5, 5.41) is 2.98. The van der Waals surface area contributed by atoms with E-state index < -0.39 is 5.41 Å². The Kier molecular flexibility index (Phi) is 5.83. The van der Waals surface area contributed by atoms with Crippen LogP contribution in [0.3, 0.4) is 0 Å². The van der Waals surface area contributed by atoms with E-state index >= 15 is 0 Å². The van der Waals surface area contributed by atoms with Gasteiger partial charge in [0.2, 0.25) is 5.91 Å². The van der Waals surface area contributed by atoms with E-state index in [9.17, 15) is 4.79 Å². The van der Waals surface area contributed by atoms with Crippen LogP contribution < -0.4 is 15.8 Å². The zero-order valence-corrected chi connectivity index (χ0v) is 13.7. The van der Waals surface area contributed by atoms with Gasteiger partial charge in [0.25, 0.3) is 0 Å². The van der Waals surface area contributed by atoms with Crippen molar-refractivity contribution in [1.29, 1.82) is 0 Å². The number of benzene rings is 1. The molecule has 0 saturated heterocycles. The molecule has 0 aromatic heterocycles. The third kappa shape index (κ3) is 3.80. The van der Waals surface area contributed by atoms with Crippen LogP contribution in [0.25, 0.3) is 0 Å². The van der Waals surface area contributed by atoms with Crippen LogP contribution >= 0.6 is 0 Å². The second-order valence-electron chi connectivity index (χ2n) is 6.19. The molecule has 0 bridgehead atoms. The number of amides is 1. The second kappa shape index (κ2) is 7.63. The van der Waals surface area contributed by atoms with Crippen LogP contribution in [-0.4, -0.2) is 18.6 Å². The number of anilines is 1. The molecule has 1 aromatic carbocycles. The molecule has 1 saturated carbocycles. The summed E-state index contributed by atoms with van der Waals surface area (Å²) in [6.45, 7) is 4.39. The van der Waals surface area contributed by atoms with Gasteiger partial charge in [-0.2, -0.15) is 0 Å². The molecular weight excluding hydrogens is 276 g/mol. The van der Waals surface area contributed by atoms with Crippen LogP contribution in [0.5, 0.6) is 5.75 Å². The van der Waals surface area contributed by atoms with Crippen LogP contribution in [0, 0.1) is 5.41 Å². The first-order valence-corrected chi connectivity index (χ1v) is 8.41. The van der Waals surface area contributed by atoms with Crippen molar-refractivity contribution < 1.29 is 9.53 Å². The van der Waals surface area contributed by atoms with Gasteiger partial charge in [-0.05, 0) is 62.8 Å². The van der Waals surface area contributed by atoms with Crippen LogP contribution in [0.15, 0.2) is 24.3 Å². The zero-order valence-electron chi connectivity index (χ0n) is 13.7. The van der Waals surface area contributed by atoms with Gasteiger partial charge in [-0.25, -0.2) is 0 Å². The molecule has 0 aliphatic heterocycles. The fourth-order valence-corrected chi connectivity index (χ4v) is 3.03. The maximum absolute atomic E-state index is 12.5. The number of rotatable bonds is 7. The molecule has 0 spiro atoms. The summed E-state index contributed by atoms with van der Waals surface area (Å²) in [4.78, 5) is 12.5. The Morgan fingerprint density at radius 1 is 1.23 bits per heavy atom. The Labute approximate surface area is 133 Å². The van der Waals surface area contributed by atoms with Crippen molar-refractivity contribution in [2.45, 2.75) is 58.5 Å². The normalized spacial score (nSPS) is 15.8. The number of carbonyl (C=O) groups is 1. The molecule has 22 heavy (non-hydrogen) atoms. The fourth-order valence-electron chi connectivity index (χ4n) is 3.03. The molecule has 0 atom stereocenters. The van der Waals surface area contributed by atoms with E-state index in [0.717, 1.165) is 37.1 Å². The molecular formula is C18H28N2O2. The highest BCUT2D eigenvalue weighted by atomic mass is 16.5. The largest absolute Gasteiger partial charge is 0.490 e.